The molecule has 1 aliphatic heterocycles. The number of aromatic nitrogens is 2. The first-order chi connectivity index (χ1) is 40.1. The first-order valence-electron chi connectivity index (χ1n) is 28.5. The van der Waals surface area contributed by atoms with Crippen LogP contribution >= 0.6 is 11.8 Å². The highest BCUT2D eigenvalue weighted by Crippen LogP contribution is 2.56. The van der Waals surface area contributed by atoms with Gasteiger partial charge in [0.15, 0.2) is 0 Å². The van der Waals surface area contributed by atoms with Gasteiger partial charge in [0.1, 0.15) is 0 Å². The van der Waals surface area contributed by atoms with Gasteiger partial charge in [-0.25, -0.2) is 0 Å². The summed E-state index contributed by atoms with van der Waals surface area (Å²) < 4.78 is 5.05. The molecule has 3 heteroatoms. The number of rotatable bonds is 5. The fourth-order valence-corrected chi connectivity index (χ4v) is 16.3. The van der Waals surface area contributed by atoms with Crippen LogP contribution in [0.2, 0.25) is 0 Å². The summed E-state index contributed by atoms with van der Waals surface area (Å²) in [6.45, 7) is 4.80. The molecule has 2 aromatic heterocycles. The summed E-state index contributed by atoms with van der Waals surface area (Å²) in [5.41, 5.74) is 24.1. The zero-order valence-electron chi connectivity index (χ0n) is 44.3. The van der Waals surface area contributed by atoms with E-state index in [9.17, 15) is 0 Å². The SMILES string of the molecule is C=C1C2=C(CCc3c2c2cc(-c4ccc(-c5ccc(-c6ccc7c(c6)c6c8c(ccc6n7-c6ccc7ccccc7c6)C6C=CC=CC6S8)c6ccccc56)c5ccccc45)ccc2n3-c2ccc3ccccc3c2)c2ccccc21. The van der Waals surface area contributed by atoms with Crippen molar-refractivity contribution in [2.75, 3.05) is 0 Å². The van der Waals surface area contributed by atoms with Crippen molar-refractivity contribution >= 4 is 104 Å². The number of allylic oxidation sites excluding steroid dienone is 6. The van der Waals surface area contributed by atoms with Gasteiger partial charge in [0, 0.05) is 54.9 Å². The molecule has 2 unspecified atom stereocenters. The van der Waals surface area contributed by atoms with E-state index in [1.54, 1.807) is 0 Å². The van der Waals surface area contributed by atoms with Crippen molar-refractivity contribution in [2.45, 2.75) is 28.9 Å². The highest BCUT2D eigenvalue weighted by Gasteiger charge is 2.36. The summed E-state index contributed by atoms with van der Waals surface area (Å²) >= 11 is 2.03. The molecule has 0 spiro atoms. The molecule has 18 rings (SSSR count). The molecule has 0 N–H and O–H groups in total. The molecule has 378 valence electrons. The third-order valence-corrected chi connectivity index (χ3v) is 19.9. The van der Waals surface area contributed by atoms with Crippen LogP contribution in [0.1, 0.15) is 40.3 Å². The van der Waals surface area contributed by atoms with E-state index < -0.39 is 0 Å². The van der Waals surface area contributed by atoms with Gasteiger partial charge in [-0.15, -0.1) is 11.8 Å². The lowest BCUT2D eigenvalue weighted by Gasteiger charge is -2.20. The van der Waals surface area contributed by atoms with Gasteiger partial charge in [-0.3, -0.25) is 0 Å². The summed E-state index contributed by atoms with van der Waals surface area (Å²) in [5, 5.41) is 14.3. The standard InChI is InChI=1S/C78H50N2S/c1-46-55-18-6-7-19-58(55)66-36-40-72-76(75(46)66)68-44-51(28-38-70(68)79(72)53-30-26-47-14-2-4-16-49(47)42-53)56-32-34-63(61-22-10-8-20-59(56)61)64-35-33-57(60-21-9-11-23-62(60)64)52-29-39-71-69(45-52)77-73(41-37-67-65-24-12-13-25-74(65)81-78(67)77)80(71)54-31-27-48-15-3-5-17-50(48)43-54/h2-35,37-39,41-45,65,74H,1,36,40H2. The lowest BCUT2D eigenvalue weighted by Crippen LogP contribution is -2.06. The molecule has 3 aliphatic carbocycles. The highest BCUT2D eigenvalue weighted by molar-refractivity contribution is 8.00. The molecule has 81 heavy (non-hydrogen) atoms. The van der Waals surface area contributed by atoms with E-state index >= 15 is 0 Å². The average molecular weight is 1050 g/mol. The van der Waals surface area contributed by atoms with Crippen LogP contribution in [0.25, 0.3) is 137 Å². The van der Waals surface area contributed by atoms with Gasteiger partial charge in [-0.2, -0.15) is 0 Å². The van der Waals surface area contributed by atoms with Crippen molar-refractivity contribution in [3.05, 3.63) is 289 Å². The van der Waals surface area contributed by atoms with E-state index in [4.69, 9.17) is 6.58 Å². The second-order valence-electron chi connectivity index (χ2n) is 22.6. The molecule has 0 saturated heterocycles. The molecule has 14 aromatic rings. The van der Waals surface area contributed by atoms with E-state index in [2.05, 4.69) is 264 Å². The topological polar surface area (TPSA) is 9.86 Å². The molecule has 12 aromatic carbocycles. The van der Waals surface area contributed by atoms with Crippen LogP contribution in [0, 0.1) is 0 Å². The minimum absolute atomic E-state index is 0.379. The van der Waals surface area contributed by atoms with Gasteiger partial charge in [-0.05, 0) is 177 Å². The van der Waals surface area contributed by atoms with Crippen LogP contribution in [0.3, 0.4) is 0 Å². The highest BCUT2D eigenvalue weighted by atomic mass is 32.2. The maximum atomic E-state index is 4.80. The molecular weight excluding hydrogens is 997 g/mol. The smallest absolute Gasteiger partial charge is 0.0552 e. The Morgan fingerprint density at radius 2 is 0.926 bits per heavy atom. The van der Waals surface area contributed by atoms with E-state index in [-0.39, 0.29) is 0 Å². The molecule has 3 heterocycles. The molecular formula is C78H50N2S. The second-order valence-corrected chi connectivity index (χ2v) is 23.8. The van der Waals surface area contributed by atoms with Crippen LogP contribution in [0.4, 0.5) is 0 Å². The first kappa shape index (κ1) is 45.2. The zero-order valence-corrected chi connectivity index (χ0v) is 45.1. The van der Waals surface area contributed by atoms with Crippen LogP contribution in [0.5, 0.6) is 0 Å². The summed E-state index contributed by atoms with van der Waals surface area (Å²) in [5.74, 6) is 0.379. The maximum absolute atomic E-state index is 4.80. The summed E-state index contributed by atoms with van der Waals surface area (Å²) in [4.78, 5) is 1.41. The average Bonchev–Trinajstić information content (AvgIpc) is 4.13. The number of hydrogen-bond donors (Lipinski definition) is 0. The lowest BCUT2D eigenvalue weighted by atomic mass is 9.86. The molecule has 0 bridgehead atoms. The van der Waals surface area contributed by atoms with Crippen molar-refractivity contribution in [1.82, 2.24) is 9.13 Å². The number of nitrogens with zero attached hydrogens (tertiary/aromatic N) is 2. The van der Waals surface area contributed by atoms with Gasteiger partial charge >= 0.3 is 0 Å². The van der Waals surface area contributed by atoms with E-state index in [1.807, 2.05) is 11.8 Å². The fraction of sp³-hybridized carbons (Fsp3) is 0.0513. The summed E-state index contributed by atoms with van der Waals surface area (Å²) in [6.07, 6.45) is 11.2. The van der Waals surface area contributed by atoms with Crippen LogP contribution in [0.15, 0.2) is 266 Å². The Bertz CT molecular complexity index is 5250. The predicted molar refractivity (Wildman–Crippen MR) is 345 cm³/mol. The van der Waals surface area contributed by atoms with Crippen molar-refractivity contribution < 1.29 is 0 Å². The quantitative estimate of drug-likeness (QED) is 0.167. The monoisotopic (exact) mass is 1050 g/mol. The fourth-order valence-electron chi connectivity index (χ4n) is 14.8. The zero-order chi connectivity index (χ0) is 53.0. The Hall–Kier alpha value is -9.67. The van der Waals surface area contributed by atoms with Crippen molar-refractivity contribution in [1.29, 1.82) is 0 Å². The molecule has 2 nitrogen and oxygen atoms in total. The Morgan fingerprint density at radius 3 is 1.59 bits per heavy atom. The van der Waals surface area contributed by atoms with E-state index in [0.717, 1.165) is 18.4 Å². The molecule has 0 saturated carbocycles. The molecule has 4 aliphatic rings. The summed E-state index contributed by atoms with van der Waals surface area (Å²) in [7, 11) is 0. The van der Waals surface area contributed by atoms with Crippen LogP contribution in [-0.2, 0) is 6.42 Å². The van der Waals surface area contributed by atoms with Crippen molar-refractivity contribution in [3.8, 4) is 44.8 Å². The summed E-state index contributed by atoms with van der Waals surface area (Å²) in [6, 6.07) is 86.9. The van der Waals surface area contributed by atoms with Gasteiger partial charge in [0.2, 0.25) is 0 Å². The molecule has 0 fully saturated rings. The predicted octanol–water partition coefficient (Wildman–Crippen LogP) is 20.9. The molecule has 0 amide bonds. The van der Waals surface area contributed by atoms with Crippen molar-refractivity contribution in [2.24, 2.45) is 0 Å². The number of benzene rings is 12. The van der Waals surface area contributed by atoms with Gasteiger partial charge in [-0.1, -0.05) is 207 Å². The minimum atomic E-state index is 0.379. The van der Waals surface area contributed by atoms with Gasteiger partial charge in [0.05, 0.1) is 16.6 Å². The van der Waals surface area contributed by atoms with Gasteiger partial charge < -0.3 is 9.13 Å². The minimum Gasteiger partial charge on any atom is -0.313 e. The third-order valence-electron chi connectivity index (χ3n) is 18.5. The van der Waals surface area contributed by atoms with Crippen LogP contribution in [-0.4, -0.2) is 14.4 Å². The lowest BCUT2D eigenvalue weighted by molar-refractivity contribution is 0.883. The number of fused-ring (bicyclic) bond motifs is 17. The van der Waals surface area contributed by atoms with Crippen LogP contribution < -0.4 is 0 Å². The first-order valence-corrected chi connectivity index (χ1v) is 29.3. The number of hydrogen-bond acceptors (Lipinski definition) is 1. The molecule has 0 radical (unpaired) electrons. The van der Waals surface area contributed by atoms with Gasteiger partial charge in [0.25, 0.3) is 0 Å². The number of thioether (sulfide) groups is 1. The maximum Gasteiger partial charge on any atom is 0.0552 e. The Morgan fingerprint density at radius 1 is 0.395 bits per heavy atom. The second kappa shape index (κ2) is 17.2. The Labute approximate surface area is 473 Å². The van der Waals surface area contributed by atoms with E-state index in [0.29, 0.717) is 11.2 Å². The largest absolute Gasteiger partial charge is 0.313 e. The Balaban J connectivity index is 0.787. The van der Waals surface area contributed by atoms with E-state index in [1.165, 1.54) is 165 Å². The third kappa shape index (κ3) is 6.53. The molecule has 2 atom stereocenters. The normalized spacial score (nSPS) is 16.1. The van der Waals surface area contributed by atoms with Crippen molar-refractivity contribution in [3.63, 3.8) is 0 Å². The Kier molecular flexibility index (Phi) is 9.58.